The van der Waals surface area contributed by atoms with Gasteiger partial charge in [-0.1, -0.05) is 26.8 Å². The van der Waals surface area contributed by atoms with Gasteiger partial charge in [0.2, 0.25) is 0 Å². The number of hydrogen-bond acceptors (Lipinski definition) is 0. The van der Waals surface area contributed by atoms with Crippen LogP contribution in [0.2, 0.25) is 0 Å². The van der Waals surface area contributed by atoms with Crippen molar-refractivity contribution in [2.75, 3.05) is 0 Å². The Morgan fingerprint density at radius 3 is 2.31 bits per heavy atom. The minimum absolute atomic E-state index is 0.230. The molecule has 0 unspecified atom stereocenters. The lowest BCUT2D eigenvalue weighted by Crippen LogP contribution is -2.10. The van der Waals surface area contributed by atoms with Gasteiger partial charge in [-0.3, -0.25) is 0 Å². The monoisotopic (exact) mass is 215 g/mol. The van der Waals surface area contributed by atoms with Gasteiger partial charge in [-0.25, -0.2) is 0 Å². The minimum Gasteiger partial charge on any atom is -0.345 e. The number of fused-ring (bicyclic) bond motifs is 1. The van der Waals surface area contributed by atoms with Crippen LogP contribution in [0.4, 0.5) is 0 Å². The summed E-state index contributed by atoms with van der Waals surface area (Å²) in [6.45, 7) is 11.2. The highest BCUT2D eigenvalue weighted by atomic mass is 15.0. The van der Waals surface area contributed by atoms with Crippen LogP contribution in [0.5, 0.6) is 0 Å². The SMILES string of the molecule is CC(C)n1ccc2cc(C(C)(C)C)ccc21. The largest absolute Gasteiger partial charge is 0.345 e. The highest BCUT2D eigenvalue weighted by Crippen LogP contribution is 2.27. The van der Waals surface area contributed by atoms with Crippen LogP contribution in [0.25, 0.3) is 10.9 Å². The molecule has 0 aliphatic heterocycles. The average molecular weight is 215 g/mol. The molecule has 1 aromatic carbocycles. The summed E-state index contributed by atoms with van der Waals surface area (Å²) in [5, 5.41) is 1.35. The molecule has 0 fully saturated rings. The van der Waals surface area contributed by atoms with Gasteiger partial charge in [0, 0.05) is 17.8 Å². The number of benzene rings is 1. The Kier molecular flexibility index (Phi) is 2.57. The van der Waals surface area contributed by atoms with Gasteiger partial charge in [0.1, 0.15) is 0 Å². The molecule has 2 aromatic rings. The molecule has 1 nitrogen and oxygen atoms in total. The molecule has 0 amide bonds. The minimum atomic E-state index is 0.230. The van der Waals surface area contributed by atoms with Gasteiger partial charge in [-0.05, 0) is 48.4 Å². The van der Waals surface area contributed by atoms with Gasteiger partial charge < -0.3 is 4.57 Å². The second-order valence-electron chi connectivity index (χ2n) is 5.84. The second kappa shape index (κ2) is 3.65. The van der Waals surface area contributed by atoms with Gasteiger partial charge in [0.05, 0.1) is 0 Å². The van der Waals surface area contributed by atoms with E-state index in [0.29, 0.717) is 6.04 Å². The lowest BCUT2D eigenvalue weighted by atomic mass is 9.86. The fraction of sp³-hybridized carbons (Fsp3) is 0.467. The van der Waals surface area contributed by atoms with Crippen LogP contribution in [0.15, 0.2) is 30.5 Å². The Morgan fingerprint density at radius 2 is 1.75 bits per heavy atom. The third kappa shape index (κ3) is 1.87. The third-order valence-electron chi connectivity index (χ3n) is 3.14. The fourth-order valence-electron chi connectivity index (χ4n) is 2.08. The number of nitrogens with zero attached hydrogens (tertiary/aromatic N) is 1. The summed E-state index contributed by atoms with van der Waals surface area (Å²) in [6, 6.07) is 9.55. The van der Waals surface area contributed by atoms with Gasteiger partial charge in [0.25, 0.3) is 0 Å². The van der Waals surface area contributed by atoms with Crippen molar-refractivity contribution >= 4 is 10.9 Å². The van der Waals surface area contributed by atoms with Crippen molar-refractivity contribution < 1.29 is 0 Å². The van der Waals surface area contributed by atoms with Crippen molar-refractivity contribution in [1.29, 1.82) is 0 Å². The smallest absolute Gasteiger partial charge is 0.0482 e. The van der Waals surface area contributed by atoms with Crippen molar-refractivity contribution in [1.82, 2.24) is 4.57 Å². The van der Waals surface area contributed by atoms with E-state index in [4.69, 9.17) is 0 Å². The van der Waals surface area contributed by atoms with Crippen LogP contribution in [0.1, 0.15) is 46.2 Å². The molecule has 16 heavy (non-hydrogen) atoms. The van der Waals surface area contributed by atoms with E-state index in [1.807, 2.05) is 0 Å². The first kappa shape index (κ1) is 11.3. The van der Waals surface area contributed by atoms with Crippen LogP contribution in [0, 0.1) is 0 Å². The number of aromatic nitrogens is 1. The van der Waals surface area contributed by atoms with E-state index in [9.17, 15) is 0 Å². The van der Waals surface area contributed by atoms with E-state index in [2.05, 4.69) is 69.6 Å². The Morgan fingerprint density at radius 1 is 1.06 bits per heavy atom. The van der Waals surface area contributed by atoms with Crippen LogP contribution in [-0.2, 0) is 5.41 Å². The zero-order chi connectivity index (χ0) is 11.9. The summed E-state index contributed by atoms with van der Waals surface area (Å²) >= 11 is 0. The summed E-state index contributed by atoms with van der Waals surface area (Å²) < 4.78 is 2.32. The molecular formula is C15H21N. The predicted octanol–water partition coefficient (Wildman–Crippen LogP) is 4.52. The van der Waals surface area contributed by atoms with E-state index >= 15 is 0 Å². The third-order valence-corrected chi connectivity index (χ3v) is 3.14. The van der Waals surface area contributed by atoms with Crippen LogP contribution in [0.3, 0.4) is 0 Å². The average Bonchev–Trinajstić information content (AvgIpc) is 2.58. The molecule has 86 valence electrons. The molecular weight excluding hydrogens is 194 g/mol. The first-order valence-corrected chi connectivity index (χ1v) is 6.00. The molecule has 0 saturated carbocycles. The molecule has 1 heterocycles. The molecule has 1 aromatic heterocycles. The molecule has 0 aliphatic carbocycles. The second-order valence-corrected chi connectivity index (χ2v) is 5.84. The summed E-state index contributed by atoms with van der Waals surface area (Å²) in [6.07, 6.45) is 2.18. The van der Waals surface area contributed by atoms with Gasteiger partial charge in [0.15, 0.2) is 0 Å². The van der Waals surface area contributed by atoms with Crippen molar-refractivity contribution in [3.63, 3.8) is 0 Å². The maximum absolute atomic E-state index is 2.32. The Hall–Kier alpha value is -1.24. The highest BCUT2D eigenvalue weighted by molar-refractivity contribution is 5.81. The first-order valence-electron chi connectivity index (χ1n) is 6.00. The predicted molar refractivity (Wildman–Crippen MR) is 71.0 cm³/mol. The normalized spacial score (nSPS) is 12.6. The maximum atomic E-state index is 2.32. The molecule has 0 bridgehead atoms. The fourth-order valence-corrected chi connectivity index (χ4v) is 2.08. The standard InChI is InChI=1S/C15H21N/c1-11(2)16-9-8-12-10-13(15(3,4)5)6-7-14(12)16/h6-11H,1-5H3. The molecule has 0 saturated heterocycles. The molecule has 0 spiro atoms. The van der Waals surface area contributed by atoms with Crippen LogP contribution in [-0.4, -0.2) is 4.57 Å². The van der Waals surface area contributed by atoms with E-state index in [0.717, 1.165) is 0 Å². The highest BCUT2D eigenvalue weighted by Gasteiger charge is 2.14. The number of rotatable bonds is 1. The van der Waals surface area contributed by atoms with Crippen LogP contribution < -0.4 is 0 Å². The molecule has 0 atom stereocenters. The summed E-state index contributed by atoms with van der Waals surface area (Å²) in [7, 11) is 0. The Bertz CT molecular complexity index is 498. The van der Waals surface area contributed by atoms with Crippen molar-refractivity contribution in [2.24, 2.45) is 0 Å². The topological polar surface area (TPSA) is 4.93 Å². The first-order chi connectivity index (χ1) is 7.39. The van der Waals surface area contributed by atoms with Crippen molar-refractivity contribution in [3.05, 3.63) is 36.0 Å². The molecule has 0 N–H and O–H groups in total. The molecule has 2 rings (SSSR count). The Balaban J connectivity index is 2.58. The van der Waals surface area contributed by atoms with E-state index < -0.39 is 0 Å². The Labute approximate surface area is 98.1 Å². The van der Waals surface area contributed by atoms with Gasteiger partial charge >= 0.3 is 0 Å². The lowest BCUT2D eigenvalue weighted by Gasteiger charge is -2.19. The van der Waals surface area contributed by atoms with Gasteiger partial charge in [-0.15, -0.1) is 0 Å². The zero-order valence-corrected chi connectivity index (χ0v) is 10.9. The summed E-state index contributed by atoms with van der Waals surface area (Å²) in [5.41, 5.74) is 2.97. The molecule has 0 radical (unpaired) electrons. The summed E-state index contributed by atoms with van der Waals surface area (Å²) in [5.74, 6) is 0. The molecule has 1 heteroatoms. The van der Waals surface area contributed by atoms with Crippen molar-refractivity contribution in [2.45, 2.75) is 46.1 Å². The van der Waals surface area contributed by atoms with Crippen LogP contribution >= 0.6 is 0 Å². The van der Waals surface area contributed by atoms with E-state index in [-0.39, 0.29) is 5.41 Å². The maximum Gasteiger partial charge on any atom is 0.0482 e. The molecule has 0 aliphatic rings. The van der Waals surface area contributed by atoms with E-state index in [1.54, 1.807) is 0 Å². The lowest BCUT2D eigenvalue weighted by molar-refractivity contribution is 0.590. The van der Waals surface area contributed by atoms with E-state index in [1.165, 1.54) is 16.5 Å². The zero-order valence-electron chi connectivity index (χ0n) is 10.9. The summed E-state index contributed by atoms with van der Waals surface area (Å²) in [4.78, 5) is 0. The number of hydrogen-bond donors (Lipinski definition) is 0. The quantitative estimate of drug-likeness (QED) is 0.659. The van der Waals surface area contributed by atoms with Gasteiger partial charge in [-0.2, -0.15) is 0 Å². The van der Waals surface area contributed by atoms with Crippen molar-refractivity contribution in [3.8, 4) is 0 Å².